The van der Waals surface area contributed by atoms with Gasteiger partial charge in [0.05, 0.1) is 12.0 Å². The average Bonchev–Trinajstić information content (AvgIpc) is 3.12. The Bertz CT molecular complexity index is 1260. The van der Waals surface area contributed by atoms with Crippen LogP contribution in [0.25, 0.3) is 6.08 Å². The number of hydrogen-bond acceptors (Lipinski definition) is 6. The van der Waals surface area contributed by atoms with Crippen LogP contribution < -0.4 is 14.8 Å². The molecule has 3 aromatic carbocycles. The first-order valence-corrected chi connectivity index (χ1v) is 11.8. The lowest BCUT2D eigenvalue weighted by atomic mass is 10.2. The fourth-order valence-corrected chi connectivity index (χ4v) is 4.18. The van der Waals surface area contributed by atoms with Crippen LogP contribution in [0.1, 0.15) is 11.1 Å². The molecular weight excluding hydrogens is 488 g/mol. The predicted molar refractivity (Wildman–Crippen MR) is 137 cm³/mol. The molecule has 0 radical (unpaired) electrons. The molecule has 3 aromatic rings. The van der Waals surface area contributed by atoms with Crippen molar-refractivity contribution in [3.63, 3.8) is 0 Å². The second-order valence-electron chi connectivity index (χ2n) is 7.53. The van der Waals surface area contributed by atoms with E-state index in [1.54, 1.807) is 73.8 Å². The van der Waals surface area contributed by atoms with Gasteiger partial charge in [-0.1, -0.05) is 35.9 Å². The van der Waals surface area contributed by atoms with Gasteiger partial charge in [-0.2, -0.15) is 0 Å². The second kappa shape index (κ2) is 11.1. The number of methoxy groups -OCH3 is 1. The molecule has 0 aromatic heterocycles. The van der Waals surface area contributed by atoms with Crippen molar-refractivity contribution in [2.75, 3.05) is 19.0 Å². The molecule has 1 aliphatic rings. The molecule has 0 bridgehead atoms. The predicted octanol–water partition coefficient (Wildman–Crippen LogP) is 5.60. The van der Waals surface area contributed by atoms with Gasteiger partial charge in [0.1, 0.15) is 24.7 Å². The fraction of sp³-hybridized carbons (Fsp3) is 0.115. The molecule has 35 heavy (non-hydrogen) atoms. The molecule has 3 amide bonds. The molecular formula is C26H21ClN2O5S. The van der Waals surface area contributed by atoms with Crippen LogP contribution in [0.15, 0.2) is 77.7 Å². The van der Waals surface area contributed by atoms with E-state index in [0.717, 1.165) is 27.8 Å². The Kier molecular flexibility index (Phi) is 7.74. The minimum atomic E-state index is -0.507. The number of benzene rings is 3. The number of carbonyl (C=O) groups excluding carboxylic acids is 3. The lowest BCUT2D eigenvalue weighted by molar-refractivity contribution is -0.127. The van der Waals surface area contributed by atoms with Gasteiger partial charge in [-0.15, -0.1) is 0 Å². The average molecular weight is 509 g/mol. The van der Waals surface area contributed by atoms with E-state index in [9.17, 15) is 14.4 Å². The fourth-order valence-electron chi connectivity index (χ4n) is 3.21. The molecule has 1 aliphatic heterocycles. The van der Waals surface area contributed by atoms with Gasteiger partial charge in [0.2, 0.25) is 5.91 Å². The van der Waals surface area contributed by atoms with Gasteiger partial charge >= 0.3 is 0 Å². The number of thioether (sulfide) groups is 1. The Morgan fingerprint density at radius 1 is 0.971 bits per heavy atom. The number of imide groups is 1. The SMILES string of the molecule is COc1ccc(NC(=O)CN2C(=O)S/C(=C/c3ccc(OCc4ccc(Cl)cc4)cc3)C2=O)cc1. The zero-order chi connectivity index (χ0) is 24.8. The highest BCUT2D eigenvalue weighted by atomic mass is 35.5. The van der Waals surface area contributed by atoms with Crippen LogP contribution in [-0.4, -0.2) is 35.6 Å². The number of nitrogens with one attached hydrogen (secondary N) is 1. The first kappa shape index (κ1) is 24.4. The molecule has 0 aliphatic carbocycles. The number of ether oxygens (including phenoxy) is 2. The van der Waals surface area contributed by atoms with E-state index >= 15 is 0 Å². The summed E-state index contributed by atoms with van der Waals surface area (Å²) in [5.74, 6) is 0.342. The van der Waals surface area contributed by atoms with Gasteiger partial charge in [0.25, 0.3) is 11.1 Å². The Morgan fingerprint density at radius 2 is 1.63 bits per heavy atom. The van der Waals surface area contributed by atoms with Gasteiger partial charge in [-0.25, -0.2) is 0 Å². The maximum absolute atomic E-state index is 12.7. The number of nitrogens with zero attached hydrogens (tertiary/aromatic N) is 1. The van der Waals surface area contributed by atoms with Gasteiger partial charge in [0.15, 0.2) is 0 Å². The molecule has 1 saturated heterocycles. The number of halogens is 1. The van der Waals surface area contributed by atoms with Crippen molar-refractivity contribution in [2.24, 2.45) is 0 Å². The largest absolute Gasteiger partial charge is 0.497 e. The van der Waals surface area contributed by atoms with Crippen LogP contribution in [-0.2, 0) is 16.2 Å². The summed E-state index contributed by atoms with van der Waals surface area (Å²) in [7, 11) is 1.55. The van der Waals surface area contributed by atoms with Crippen LogP contribution in [0.3, 0.4) is 0 Å². The number of rotatable bonds is 8. The first-order valence-electron chi connectivity index (χ1n) is 10.6. The smallest absolute Gasteiger partial charge is 0.294 e. The van der Waals surface area contributed by atoms with Crippen LogP contribution in [0.2, 0.25) is 5.02 Å². The Balaban J connectivity index is 1.34. The number of carbonyl (C=O) groups is 3. The number of anilines is 1. The van der Waals surface area contributed by atoms with E-state index in [1.807, 2.05) is 12.1 Å². The molecule has 7 nitrogen and oxygen atoms in total. The van der Waals surface area contributed by atoms with E-state index in [4.69, 9.17) is 21.1 Å². The zero-order valence-electron chi connectivity index (χ0n) is 18.7. The van der Waals surface area contributed by atoms with Crippen molar-refractivity contribution in [3.05, 3.63) is 93.9 Å². The van der Waals surface area contributed by atoms with Crippen LogP contribution in [0.5, 0.6) is 11.5 Å². The van der Waals surface area contributed by atoms with Crippen LogP contribution >= 0.6 is 23.4 Å². The third kappa shape index (κ3) is 6.44. The molecule has 9 heteroatoms. The summed E-state index contributed by atoms with van der Waals surface area (Å²) in [6, 6.07) is 21.3. The number of hydrogen-bond donors (Lipinski definition) is 1. The third-order valence-corrected chi connectivity index (χ3v) is 6.21. The first-order chi connectivity index (χ1) is 16.9. The van der Waals surface area contributed by atoms with Crippen molar-refractivity contribution >= 4 is 52.2 Å². The molecule has 1 N–H and O–H groups in total. The molecule has 0 atom stereocenters. The normalized spacial score (nSPS) is 14.3. The summed E-state index contributed by atoms with van der Waals surface area (Å²) < 4.78 is 10.8. The molecule has 1 fully saturated rings. The number of amides is 3. The highest BCUT2D eigenvalue weighted by Crippen LogP contribution is 2.32. The minimum absolute atomic E-state index is 0.252. The Labute approximate surface area is 211 Å². The quantitative estimate of drug-likeness (QED) is 0.398. The lowest BCUT2D eigenvalue weighted by Gasteiger charge is -2.12. The van der Waals surface area contributed by atoms with Crippen molar-refractivity contribution in [2.45, 2.75) is 6.61 Å². The highest BCUT2D eigenvalue weighted by Gasteiger charge is 2.36. The van der Waals surface area contributed by atoms with Crippen molar-refractivity contribution < 1.29 is 23.9 Å². The Hall–Kier alpha value is -3.75. The summed E-state index contributed by atoms with van der Waals surface area (Å²) >= 11 is 6.69. The van der Waals surface area contributed by atoms with Crippen LogP contribution in [0, 0.1) is 0 Å². The van der Waals surface area contributed by atoms with Crippen molar-refractivity contribution in [3.8, 4) is 11.5 Å². The lowest BCUT2D eigenvalue weighted by Crippen LogP contribution is -2.36. The van der Waals surface area contributed by atoms with Gasteiger partial charge in [-0.3, -0.25) is 19.3 Å². The molecule has 0 saturated carbocycles. The molecule has 1 heterocycles. The van der Waals surface area contributed by atoms with E-state index < -0.39 is 17.1 Å². The van der Waals surface area contributed by atoms with E-state index in [1.165, 1.54) is 0 Å². The monoisotopic (exact) mass is 508 g/mol. The van der Waals surface area contributed by atoms with Crippen molar-refractivity contribution in [1.29, 1.82) is 0 Å². The highest BCUT2D eigenvalue weighted by molar-refractivity contribution is 8.18. The molecule has 178 valence electrons. The van der Waals surface area contributed by atoms with Crippen LogP contribution in [0.4, 0.5) is 10.5 Å². The standard InChI is InChI=1S/C26H21ClN2O5S/c1-33-21-12-8-20(9-13-21)28-24(30)15-29-25(31)23(35-26(29)32)14-17-4-10-22(11-5-17)34-16-18-2-6-19(27)7-3-18/h2-14H,15-16H2,1H3,(H,28,30)/b23-14+. The summed E-state index contributed by atoms with van der Waals surface area (Å²) in [5.41, 5.74) is 2.26. The maximum atomic E-state index is 12.7. The summed E-state index contributed by atoms with van der Waals surface area (Å²) in [6.07, 6.45) is 1.62. The second-order valence-corrected chi connectivity index (χ2v) is 8.96. The van der Waals surface area contributed by atoms with Gasteiger partial charge in [0, 0.05) is 10.7 Å². The van der Waals surface area contributed by atoms with Crippen molar-refractivity contribution in [1.82, 2.24) is 4.90 Å². The van der Waals surface area contributed by atoms with E-state index in [-0.39, 0.29) is 11.4 Å². The summed E-state index contributed by atoms with van der Waals surface area (Å²) in [4.78, 5) is 38.6. The minimum Gasteiger partial charge on any atom is -0.497 e. The zero-order valence-corrected chi connectivity index (χ0v) is 20.3. The molecule has 0 unspecified atom stereocenters. The topological polar surface area (TPSA) is 84.9 Å². The summed E-state index contributed by atoms with van der Waals surface area (Å²) in [6.45, 7) is 0.0273. The molecule has 0 spiro atoms. The molecule has 4 rings (SSSR count). The van der Waals surface area contributed by atoms with E-state index in [0.29, 0.717) is 28.8 Å². The van der Waals surface area contributed by atoms with Gasteiger partial charge in [-0.05, 0) is 77.5 Å². The van der Waals surface area contributed by atoms with E-state index in [2.05, 4.69) is 5.32 Å². The maximum Gasteiger partial charge on any atom is 0.294 e. The summed E-state index contributed by atoms with van der Waals surface area (Å²) in [5, 5.41) is 2.84. The Morgan fingerprint density at radius 3 is 2.29 bits per heavy atom. The third-order valence-electron chi connectivity index (χ3n) is 5.05. The van der Waals surface area contributed by atoms with Gasteiger partial charge < -0.3 is 14.8 Å².